The van der Waals surface area contributed by atoms with E-state index in [-0.39, 0.29) is 23.1 Å². The van der Waals surface area contributed by atoms with Crippen molar-refractivity contribution in [1.82, 2.24) is 30.6 Å². The number of rotatable bonds is 10. The topological polar surface area (TPSA) is 249 Å². The molecule has 3 aromatic heterocycles. The maximum atomic E-state index is 13.6. The summed E-state index contributed by atoms with van der Waals surface area (Å²) in [5, 5.41) is 21.9. The maximum absolute atomic E-state index is 13.6. The molecule has 4 rings (SSSR count). The van der Waals surface area contributed by atoms with Gasteiger partial charge in [-0.25, -0.2) is 32.2 Å². The number of halogens is 3. The molecule has 2 atom stereocenters. The average Bonchev–Trinajstić information content (AvgIpc) is 3.67. The van der Waals surface area contributed by atoms with E-state index in [1.54, 1.807) is 52.4 Å². The van der Waals surface area contributed by atoms with Crippen molar-refractivity contribution in [2.24, 2.45) is 12.2 Å². The van der Waals surface area contributed by atoms with Crippen LogP contribution >= 0.6 is 11.3 Å². The van der Waals surface area contributed by atoms with Crippen molar-refractivity contribution in [3.05, 3.63) is 41.8 Å². The first-order chi connectivity index (χ1) is 25.0. The number of carbonyl (C=O) groups excluding carboxylic acids is 4. The molecule has 1 aliphatic rings. The molecule has 1 saturated heterocycles. The van der Waals surface area contributed by atoms with Crippen LogP contribution in [0.15, 0.2) is 41.3 Å². The van der Waals surface area contributed by atoms with Crippen molar-refractivity contribution in [1.29, 1.82) is 0 Å². The Bertz CT molecular complexity index is 2020. The van der Waals surface area contributed by atoms with Crippen LogP contribution in [0.5, 0.6) is 0 Å². The van der Waals surface area contributed by atoms with Crippen LogP contribution in [0.4, 0.5) is 23.1 Å². The van der Waals surface area contributed by atoms with Crippen LogP contribution < -0.4 is 20.5 Å². The molecule has 3 aromatic rings. The van der Waals surface area contributed by atoms with Gasteiger partial charge in [0.1, 0.15) is 35.7 Å². The molecule has 3 N–H and O–H groups in total. The number of carbonyl (C=O) groups is 4. The molecule has 4 heterocycles. The van der Waals surface area contributed by atoms with Gasteiger partial charge in [0, 0.05) is 23.1 Å². The molecular formula is C31H40F3N9O10S2. The zero-order chi connectivity index (χ0) is 41.7. The zero-order valence-electron chi connectivity index (χ0n) is 31.0. The molecule has 55 heavy (non-hydrogen) atoms. The van der Waals surface area contributed by atoms with Crippen molar-refractivity contribution in [2.45, 2.75) is 96.3 Å². The molecule has 0 unspecified atom stereocenters. The largest absolute Gasteiger partial charge is 0.741 e. The van der Waals surface area contributed by atoms with Crippen LogP contribution in [0.1, 0.15) is 61.1 Å². The van der Waals surface area contributed by atoms with Crippen LogP contribution in [0, 0.1) is 0 Å². The molecule has 0 aliphatic carbocycles. The number of nitrogens with one attached hydrogen (secondary N) is 3. The summed E-state index contributed by atoms with van der Waals surface area (Å²) in [7, 11) is -4.18. The van der Waals surface area contributed by atoms with Gasteiger partial charge in [-0.3, -0.25) is 14.9 Å². The molecular weight excluding hydrogens is 780 g/mol. The van der Waals surface area contributed by atoms with Crippen LogP contribution in [0.25, 0.3) is 11.3 Å². The molecule has 24 heteroatoms. The van der Waals surface area contributed by atoms with E-state index in [1.807, 2.05) is 36.1 Å². The third-order valence-corrected chi connectivity index (χ3v) is 7.93. The number of ether oxygens (including phenoxy) is 2. The number of β-lactam (4-membered cyclic amide) rings is 1. The standard InChI is InChI=1S/C30H39N9O7S.CHF3O3S/c1-28(2,3)44-25(42)30(7,8)46-36-22(20-16-47-26(32-20)34-27(43)45-29(4,5)6)24(41)33-21-19(31-23(21)40)15-39-14-18(35-37-39)17-10-12-38(9)13-11-17;2-1(3,4)8(5,6)7/h10-14,16,19,21H,15H2,1-9H3,(H2-,31,32,33,34,40,41,43);(H,5,6,7)/t19-,21+;/m1./s1. The Morgan fingerprint density at radius 1 is 1.05 bits per heavy atom. The number of pyridine rings is 1. The fourth-order valence-electron chi connectivity index (χ4n) is 4.00. The number of esters is 1. The molecule has 0 spiro atoms. The summed E-state index contributed by atoms with van der Waals surface area (Å²) in [6.07, 6.45) is 4.78. The van der Waals surface area contributed by atoms with Gasteiger partial charge in [0.2, 0.25) is 11.5 Å². The SMILES string of the molecule is C[n+]1ccc(-c2cn(C[C@H]3NC(=O)[C@H]3NC(=O)C(=NOC(C)(C)C(=O)OC(C)(C)C)c3csc(NC(=O)OC(C)(C)C)n3)nn2)cc1.O=S(=O)([O-])C(F)(F)F. The lowest BCUT2D eigenvalue weighted by molar-refractivity contribution is -0.671. The number of oxime groups is 1. The van der Waals surface area contributed by atoms with Gasteiger partial charge in [-0.05, 0) is 55.4 Å². The van der Waals surface area contributed by atoms with Gasteiger partial charge >= 0.3 is 17.6 Å². The highest BCUT2D eigenvalue weighted by atomic mass is 32.2. The van der Waals surface area contributed by atoms with Crippen molar-refractivity contribution in [2.75, 3.05) is 5.32 Å². The first kappa shape index (κ1) is 44.2. The predicted octanol–water partition coefficient (Wildman–Crippen LogP) is 2.15. The lowest BCUT2D eigenvalue weighted by atomic mass is 9.98. The molecule has 0 bridgehead atoms. The lowest BCUT2D eigenvalue weighted by Gasteiger charge is -2.36. The second-order valence-corrected chi connectivity index (χ2v) is 16.5. The lowest BCUT2D eigenvalue weighted by Crippen LogP contribution is -2.70. The normalized spacial score (nSPS) is 16.5. The minimum Gasteiger partial charge on any atom is -0.741 e. The smallest absolute Gasteiger partial charge is 0.485 e. The number of anilines is 1. The molecule has 302 valence electrons. The molecule has 19 nitrogen and oxygen atoms in total. The van der Waals surface area contributed by atoms with E-state index in [0.717, 1.165) is 16.9 Å². The molecule has 1 aliphatic heterocycles. The fraction of sp³-hybridized carbons (Fsp3) is 0.516. The Kier molecular flexibility index (Phi) is 13.4. The van der Waals surface area contributed by atoms with Gasteiger partial charge in [0.25, 0.3) is 5.91 Å². The number of aryl methyl sites for hydroxylation is 1. The third-order valence-electron chi connectivity index (χ3n) is 6.60. The van der Waals surface area contributed by atoms with E-state index in [4.69, 9.17) is 27.3 Å². The van der Waals surface area contributed by atoms with Gasteiger partial charge in [-0.15, -0.1) is 16.4 Å². The summed E-state index contributed by atoms with van der Waals surface area (Å²) in [5.41, 5.74) is -7.58. The van der Waals surface area contributed by atoms with Gasteiger partial charge in [-0.1, -0.05) is 10.4 Å². The Labute approximate surface area is 317 Å². The summed E-state index contributed by atoms with van der Waals surface area (Å²) in [4.78, 5) is 61.1. The Morgan fingerprint density at radius 2 is 1.64 bits per heavy atom. The van der Waals surface area contributed by atoms with Crippen LogP contribution in [-0.2, 0) is 52.4 Å². The van der Waals surface area contributed by atoms with Crippen LogP contribution in [0.3, 0.4) is 0 Å². The molecule has 1 fully saturated rings. The predicted molar refractivity (Wildman–Crippen MR) is 186 cm³/mol. The highest BCUT2D eigenvalue weighted by Gasteiger charge is 2.42. The molecule has 0 radical (unpaired) electrons. The highest BCUT2D eigenvalue weighted by molar-refractivity contribution is 7.86. The second kappa shape index (κ2) is 16.6. The quantitative estimate of drug-likeness (QED) is 0.0505. The molecule has 0 saturated carbocycles. The van der Waals surface area contributed by atoms with Gasteiger partial charge in [0.15, 0.2) is 33.4 Å². The second-order valence-electron chi connectivity index (χ2n) is 14.3. The summed E-state index contributed by atoms with van der Waals surface area (Å²) >= 11 is 1.01. The monoisotopic (exact) mass is 819 g/mol. The average molecular weight is 820 g/mol. The van der Waals surface area contributed by atoms with Crippen molar-refractivity contribution < 1.29 is 64.2 Å². The van der Waals surface area contributed by atoms with Crippen molar-refractivity contribution >= 4 is 56.2 Å². The third kappa shape index (κ3) is 13.2. The summed E-state index contributed by atoms with van der Waals surface area (Å²) in [5.74, 6) is -1.94. The minimum atomic E-state index is -6.09. The number of hydrogen-bond acceptors (Lipinski definition) is 15. The number of nitrogens with zero attached hydrogens (tertiary/aromatic N) is 6. The maximum Gasteiger partial charge on any atom is 0.485 e. The van der Waals surface area contributed by atoms with Gasteiger partial charge < -0.3 is 29.5 Å². The number of hydrogen-bond donors (Lipinski definition) is 3. The van der Waals surface area contributed by atoms with E-state index in [2.05, 4.69) is 36.4 Å². The molecule has 3 amide bonds. The Morgan fingerprint density at radius 3 is 2.16 bits per heavy atom. The van der Waals surface area contributed by atoms with E-state index in [1.165, 1.54) is 19.2 Å². The van der Waals surface area contributed by atoms with E-state index in [0.29, 0.717) is 5.69 Å². The first-order valence-electron chi connectivity index (χ1n) is 16.0. The number of aromatic nitrogens is 5. The van der Waals surface area contributed by atoms with E-state index in [9.17, 15) is 32.3 Å². The first-order valence-corrected chi connectivity index (χ1v) is 18.3. The zero-order valence-corrected chi connectivity index (χ0v) is 32.7. The summed E-state index contributed by atoms with van der Waals surface area (Å²) in [6.45, 7) is 13.4. The number of alkyl halides is 3. The van der Waals surface area contributed by atoms with Crippen LogP contribution in [-0.4, -0.2) is 96.9 Å². The fourth-order valence-corrected chi connectivity index (χ4v) is 4.68. The van der Waals surface area contributed by atoms with Crippen LogP contribution in [0.2, 0.25) is 0 Å². The number of amides is 3. The Balaban J connectivity index is 0.000000912. The van der Waals surface area contributed by atoms with Crippen molar-refractivity contribution in [3.8, 4) is 11.3 Å². The van der Waals surface area contributed by atoms with Gasteiger partial charge in [0.05, 0.1) is 18.8 Å². The molecule has 0 aromatic carbocycles. The highest BCUT2D eigenvalue weighted by Crippen LogP contribution is 2.23. The van der Waals surface area contributed by atoms with E-state index < -0.39 is 68.4 Å². The summed E-state index contributed by atoms with van der Waals surface area (Å²) in [6, 6.07) is 2.34. The Hall–Kier alpha value is -5.23. The van der Waals surface area contributed by atoms with Crippen molar-refractivity contribution in [3.63, 3.8) is 0 Å². The van der Waals surface area contributed by atoms with Gasteiger partial charge in [-0.2, -0.15) is 13.2 Å². The number of thiazole rings is 1. The van der Waals surface area contributed by atoms with E-state index >= 15 is 0 Å². The summed E-state index contributed by atoms with van der Waals surface area (Å²) < 4.78 is 73.1. The minimum absolute atomic E-state index is 0.0204.